The highest BCUT2D eigenvalue weighted by atomic mass is 35.5. The van der Waals surface area contributed by atoms with E-state index in [1.54, 1.807) is 0 Å². The van der Waals surface area contributed by atoms with E-state index in [4.69, 9.17) is 16.7 Å². The maximum absolute atomic E-state index is 11.7. The summed E-state index contributed by atoms with van der Waals surface area (Å²) < 4.78 is 0. The highest BCUT2D eigenvalue weighted by molar-refractivity contribution is 6.33. The van der Waals surface area contributed by atoms with E-state index >= 15 is 0 Å². The van der Waals surface area contributed by atoms with E-state index in [1.807, 2.05) is 0 Å². The van der Waals surface area contributed by atoms with E-state index in [0.29, 0.717) is 10.7 Å². The molecule has 2 rings (SSSR count). The summed E-state index contributed by atoms with van der Waals surface area (Å²) in [5, 5.41) is 11.9. The number of nitrogens with one attached hydrogen (secondary N) is 1. The number of halogens is 1. The van der Waals surface area contributed by atoms with Crippen LogP contribution in [0, 0.1) is 5.92 Å². The van der Waals surface area contributed by atoms with E-state index < -0.39 is 5.97 Å². The molecular formula is C12H12ClNO3. The zero-order chi connectivity index (χ0) is 12.4. The normalized spacial score (nSPS) is 15.1. The molecule has 1 aromatic rings. The van der Waals surface area contributed by atoms with Crippen LogP contribution in [0.1, 0.15) is 29.6 Å². The van der Waals surface area contributed by atoms with E-state index in [0.717, 1.165) is 19.3 Å². The lowest BCUT2D eigenvalue weighted by Gasteiger charge is -2.24. The lowest BCUT2D eigenvalue weighted by molar-refractivity contribution is -0.122. The molecule has 5 heteroatoms. The van der Waals surface area contributed by atoms with Gasteiger partial charge in [-0.2, -0.15) is 0 Å². The second kappa shape index (κ2) is 4.75. The predicted octanol–water partition coefficient (Wildman–Crippen LogP) is 2.78. The van der Waals surface area contributed by atoms with Crippen LogP contribution in [0.4, 0.5) is 5.69 Å². The van der Waals surface area contributed by atoms with Crippen LogP contribution in [-0.4, -0.2) is 17.0 Å². The number of carbonyl (C=O) groups excluding carboxylic acids is 1. The first-order valence-corrected chi connectivity index (χ1v) is 5.79. The molecule has 0 atom stereocenters. The number of rotatable bonds is 3. The van der Waals surface area contributed by atoms with Gasteiger partial charge in [0.05, 0.1) is 16.3 Å². The standard InChI is InChI=1S/C12H12ClNO3/c13-9-5-4-8(12(16)17)6-10(9)14-11(15)7-2-1-3-7/h4-7H,1-3H2,(H,14,15)(H,16,17). The Balaban J connectivity index is 2.16. The van der Waals surface area contributed by atoms with Crippen molar-refractivity contribution in [2.24, 2.45) is 5.92 Å². The fourth-order valence-corrected chi connectivity index (χ4v) is 1.82. The van der Waals surface area contributed by atoms with Gasteiger partial charge in [-0.05, 0) is 31.0 Å². The van der Waals surface area contributed by atoms with Gasteiger partial charge in [-0.1, -0.05) is 18.0 Å². The molecule has 0 heterocycles. The summed E-state index contributed by atoms with van der Waals surface area (Å²) in [4.78, 5) is 22.5. The summed E-state index contributed by atoms with van der Waals surface area (Å²) in [6.45, 7) is 0. The van der Waals surface area contributed by atoms with Gasteiger partial charge in [-0.15, -0.1) is 0 Å². The van der Waals surface area contributed by atoms with Crippen molar-refractivity contribution in [2.45, 2.75) is 19.3 Å². The van der Waals surface area contributed by atoms with Crippen molar-refractivity contribution in [3.05, 3.63) is 28.8 Å². The zero-order valence-corrected chi connectivity index (χ0v) is 9.83. The molecule has 0 aromatic heterocycles. The van der Waals surface area contributed by atoms with Crippen LogP contribution < -0.4 is 5.32 Å². The molecule has 1 aliphatic carbocycles. The number of benzene rings is 1. The van der Waals surface area contributed by atoms with E-state index in [2.05, 4.69) is 5.32 Å². The van der Waals surface area contributed by atoms with Crippen molar-refractivity contribution in [3.63, 3.8) is 0 Å². The highest BCUT2D eigenvalue weighted by Crippen LogP contribution is 2.29. The smallest absolute Gasteiger partial charge is 0.335 e. The van der Waals surface area contributed by atoms with Gasteiger partial charge in [0.1, 0.15) is 0 Å². The van der Waals surface area contributed by atoms with E-state index in [-0.39, 0.29) is 17.4 Å². The molecule has 1 fully saturated rings. The lowest BCUT2D eigenvalue weighted by atomic mass is 9.85. The summed E-state index contributed by atoms with van der Waals surface area (Å²) in [7, 11) is 0. The number of anilines is 1. The van der Waals surface area contributed by atoms with Crippen molar-refractivity contribution in [1.82, 2.24) is 0 Å². The number of carboxylic acid groups (broad SMARTS) is 1. The zero-order valence-electron chi connectivity index (χ0n) is 9.07. The molecule has 1 aromatic carbocycles. The number of aromatic carboxylic acids is 1. The Morgan fingerprint density at radius 2 is 2.06 bits per heavy atom. The van der Waals surface area contributed by atoms with Crippen molar-refractivity contribution < 1.29 is 14.7 Å². The highest BCUT2D eigenvalue weighted by Gasteiger charge is 2.25. The monoisotopic (exact) mass is 253 g/mol. The fourth-order valence-electron chi connectivity index (χ4n) is 1.66. The average molecular weight is 254 g/mol. The van der Waals surface area contributed by atoms with Crippen molar-refractivity contribution in [1.29, 1.82) is 0 Å². The van der Waals surface area contributed by atoms with Crippen molar-refractivity contribution >= 4 is 29.2 Å². The first-order chi connectivity index (χ1) is 8.08. The molecule has 1 saturated carbocycles. The number of amides is 1. The van der Waals surface area contributed by atoms with Gasteiger partial charge in [0, 0.05) is 5.92 Å². The minimum Gasteiger partial charge on any atom is -0.478 e. The second-order valence-electron chi connectivity index (χ2n) is 4.12. The molecule has 0 bridgehead atoms. The molecule has 2 N–H and O–H groups in total. The van der Waals surface area contributed by atoms with Crippen LogP contribution >= 0.6 is 11.6 Å². The summed E-state index contributed by atoms with van der Waals surface area (Å²) >= 11 is 5.90. The Morgan fingerprint density at radius 1 is 1.35 bits per heavy atom. The van der Waals surface area contributed by atoms with Crippen molar-refractivity contribution in [2.75, 3.05) is 5.32 Å². The topological polar surface area (TPSA) is 66.4 Å². The quantitative estimate of drug-likeness (QED) is 0.870. The molecule has 0 aliphatic heterocycles. The van der Waals surface area contributed by atoms with Crippen LogP contribution in [0.2, 0.25) is 5.02 Å². The molecule has 4 nitrogen and oxygen atoms in total. The number of hydrogen-bond acceptors (Lipinski definition) is 2. The molecule has 1 aliphatic rings. The number of carbonyl (C=O) groups is 2. The largest absolute Gasteiger partial charge is 0.478 e. The Kier molecular flexibility index (Phi) is 3.33. The Labute approximate surface area is 104 Å². The molecule has 90 valence electrons. The number of hydrogen-bond donors (Lipinski definition) is 2. The van der Waals surface area contributed by atoms with Gasteiger partial charge in [-0.25, -0.2) is 4.79 Å². The summed E-state index contributed by atoms with van der Waals surface area (Å²) in [5.74, 6) is -1.08. The molecule has 0 unspecified atom stereocenters. The third-order valence-electron chi connectivity index (χ3n) is 2.95. The second-order valence-corrected chi connectivity index (χ2v) is 4.52. The first kappa shape index (κ1) is 11.9. The Morgan fingerprint density at radius 3 is 2.59 bits per heavy atom. The van der Waals surface area contributed by atoms with Gasteiger partial charge in [-0.3, -0.25) is 4.79 Å². The first-order valence-electron chi connectivity index (χ1n) is 5.41. The maximum Gasteiger partial charge on any atom is 0.335 e. The van der Waals surface area contributed by atoms with Crippen LogP contribution in [0.25, 0.3) is 0 Å². The van der Waals surface area contributed by atoms with Crippen LogP contribution in [0.15, 0.2) is 18.2 Å². The van der Waals surface area contributed by atoms with Gasteiger partial charge < -0.3 is 10.4 Å². The third kappa shape index (κ3) is 2.58. The van der Waals surface area contributed by atoms with E-state index in [9.17, 15) is 9.59 Å². The molecular weight excluding hydrogens is 242 g/mol. The summed E-state index contributed by atoms with van der Waals surface area (Å²) in [6.07, 6.45) is 2.85. The molecule has 0 saturated heterocycles. The van der Waals surface area contributed by atoms with Gasteiger partial charge >= 0.3 is 5.97 Å². The fraction of sp³-hybridized carbons (Fsp3) is 0.333. The van der Waals surface area contributed by atoms with Crippen LogP contribution in [-0.2, 0) is 4.79 Å². The third-order valence-corrected chi connectivity index (χ3v) is 3.28. The molecule has 0 radical (unpaired) electrons. The Bertz CT molecular complexity index is 469. The summed E-state index contributed by atoms with van der Waals surface area (Å²) in [5.41, 5.74) is 0.474. The van der Waals surface area contributed by atoms with Crippen LogP contribution in [0.3, 0.4) is 0 Å². The lowest BCUT2D eigenvalue weighted by Crippen LogP contribution is -2.28. The predicted molar refractivity (Wildman–Crippen MR) is 64.4 cm³/mol. The maximum atomic E-state index is 11.7. The summed E-state index contributed by atoms with van der Waals surface area (Å²) in [6, 6.07) is 4.26. The Hall–Kier alpha value is -1.55. The number of carboxylic acids is 1. The van der Waals surface area contributed by atoms with Crippen molar-refractivity contribution in [3.8, 4) is 0 Å². The van der Waals surface area contributed by atoms with Gasteiger partial charge in [0.2, 0.25) is 5.91 Å². The molecule has 1 amide bonds. The minimum absolute atomic E-state index is 0.0413. The van der Waals surface area contributed by atoms with E-state index in [1.165, 1.54) is 18.2 Å². The average Bonchev–Trinajstić information content (AvgIpc) is 2.18. The molecule has 0 spiro atoms. The van der Waals surface area contributed by atoms with Gasteiger partial charge in [0.15, 0.2) is 0 Å². The SMILES string of the molecule is O=C(O)c1ccc(Cl)c(NC(=O)C2CCC2)c1. The minimum atomic E-state index is -1.04. The molecule has 17 heavy (non-hydrogen) atoms. The van der Waals surface area contributed by atoms with Crippen LogP contribution in [0.5, 0.6) is 0 Å². The van der Waals surface area contributed by atoms with Gasteiger partial charge in [0.25, 0.3) is 0 Å².